The summed E-state index contributed by atoms with van der Waals surface area (Å²) in [5.74, 6) is 2.88. The number of fused-ring (bicyclic) bond motifs is 5. The van der Waals surface area contributed by atoms with Gasteiger partial charge >= 0.3 is 0 Å². The highest BCUT2D eigenvalue weighted by Gasteiger charge is 2.47. The Hall–Kier alpha value is -2.60. The van der Waals surface area contributed by atoms with Crippen molar-refractivity contribution in [1.29, 1.82) is 0 Å². The van der Waals surface area contributed by atoms with E-state index in [9.17, 15) is 4.39 Å². The summed E-state index contributed by atoms with van der Waals surface area (Å²) in [5, 5.41) is 1.04. The lowest BCUT2D eigenvalue weighted by Gasteiger charge is -2.57. The third-order valence-corrected chi connectivity index (χ3v) is 7.82. The minimum atomic E-state index is -0.132. The average Bonchev–Trinajstić information content (AvgIpc) is 2.81. The van der Waals surface area contributed by atoms with Crippen LogP contribution >= 0.6 is 0 Å². The molecule has 1 aromatic carbocycles. The number of halogens is 1. The van der Waals surface area contributed by atoms with Gasteiger partial charge in [-0.25, -0.2) is 19.3 Å². The van der Waals surface area contributed by atoms with Gasteiger partial charge in [0.2, 0.25) is 0 Å². The van der Waals surface area contributed by atoms with E-state index >= 15 is 0 Å². The summed E-state index contributed by atoms with van der Waals surface area (Å²) in [7, 11) is 0. The molecule has 32 heavy (non-hydrogen) atoms. The molecule has 5 nitrogen and oxygen atoms in total. The van der Waals surface area contributed by atoms with E-state index in [-0.39, 0.29) is 5.82 Å². The summed E-state index contributed by atoms with van der Waals surface area (Å²) in [4.78, 5) is 19.2. The summed E-state index contributed by atoms with van der Waals surface area (Å²) in [6.07, 6.45) is 7.85. The number of benzene rings is 1. The van der Waals surface area contributed by atoms with Gasteiger partial charge in [-0.2, -0.15) is 0 Å². The highest BCUT2D eigenvalue weighted by atomic mass is 19.1. The van der Waals surface area contributed by atoms with Gasteiger partial charge in [0.05, 0.1) is 5.39 Å². The molecule has 0 radical (unpaired) electrons. The van der Waals surface area contributed by atoms with Crippen molar-refractivity contribution in [2.24, 2.45) is 11.8 Å². The van der Waals surface area contributed by atoms with Gasteiger partial charge in [-0.1, -0.05) is 18.6 Å². The Morgan fingerprint density at radius 2 is 1.97 bits per heavy atom. The van der Waals surface area contributed by atoms with E-state index < -0.39 is 0 Å². The lowest BCUT2D eigenvalue weighted by atomic mass is 9.71. The van der Waals surface area contributed by atoms with Crippen LogP contribution < -0.4 is 4.90 Å². The van der Waals surface area contributed by atoms with Crippen molar-refractivity contribution in [3.05, 3.63) is 59.8 Å². The smallest absolute Gasteiger partial charge is 0.164 e. The molecule has 4 atom stereocenters. The van der Waals surface area contributed by atoms with Crippen LogP contribution in [0.15, 0.2) is 42.6 Å². The second kappa shape index (κ2) is 8.07. The molecule has 0 spiro atoms. The maximum Gasteiger partial charge on any atom is 0.164 e. The molecule has 3 saturated heterocycles. The van der Waals surface area contributed by atoms with Crippen molar-refractivity contribution in [3.8, 4) is 0 Å². The van der Waals surface area contributed by atoms with Crippen LogP contribution in [0.2, 0.25) is 0 Å². The number of aryl methyl sites for hydroxylation is 1. The van der Waals surface area contributed by atoms with Gasteiger partial charge in [0.25, 0.3) is 0 Å². The summed E-state index contributed by atoms with van der Waals surface area (Å²) < 4.78 is 13.9. The Morgan fingerprint density at radius 3 is 2.88 bits per heavy atom. The van der Waals surface area contributed by atoms with E-state index in [0.29, 0.717) is 23.9 Å². The average molecular weight is 432 g/mol. The number of aromatic nitrogens is 3. The van der Waals surface area contributed by atoms with Gasteiger partial charge < -0.3 is 4.90 Å². The van der Waals surface area contributed by atoms with Crippen LogP contribution in [0.4, 0.5) is 10.2 Å². The highest BCUT2D eigenvalue weighted by Crippen LogP contribution is 2.43. The van der Waals surface area contributed by atoms with Crippen LogP contribution in [0, 0.1) is 24.6 Å². The number of nitrogens with zero attached hydrogens (tertiary/aromatic N) is 5. The van der Waals surface area contributed by atoms with E-state index in [1.807, 2.05) is 19.1 Å². The molecule has 3 aliphatic rings. The van der Waals surface area contributed by atoms with Crippen LogP contribution in [0.3, 0.4) is 0 Å². The van der Waals surface area contributed by atoms with Gasteiger partial charge in [-0.05, 0) is 80.8 Å². The summed E-state index contributed by atoms with van der Waals surface area (Å²) in [6.45, 7) is 5.17. The molecule has 0 saturated carbocycles. The SMILES string of the molecule is Cc1nc(N2C[C@H]3C[C@@H](C2)[C@H](Cc2cccc(F)c2)N2CCCC[C@@H]32)c2cccnc2n1. The van der Waals surface area contributed by atoms with Gasteiger partial charge in [-0.3, -0.25) is 4.90 Å². The van der Waals surface area contributed by atoms with E-state index in [1.165, 1.54) is 32.2 Å². The van der Waals surface area contributed by atoms with Gasteiger partial charge in [0.1, 0.15) is 17.5 Å². The van der Waals surface area contributed by atoms with Crippen molar-refractivity contribution in [1.82, 2.24) is 19.9 Å². The molecule has 0 amide bonds. The number of hydrogen-bond acceptors (Lipinski definition) is 5. The number of pyridine rings is 1. The molecule has 6 heteroatoms. The van der Waals surface area contributed by atoms with Crippen LogP contribution in [0.5, 0.6) is 0 Å². The molecule has 2 bridgehead atoms. The van der Waals surface area contributed by atoms with Crippen LogP contribution in [-0.2, 0) is 6.42 Å². The molecule has 166 valence electrons. The maximum atomic E-state index is 13.9. The molecule has 3 fully saturated rings. The van der Waals surface area contributed by atoms with E-state index in [0.717, 1.165) is 47.7 Å². The predicted octanol–water partition coefficient (Wildman–Crippen LogP) is 4.39. The zero-order valence-corrected chi connectivity index (χ0v) is 18.6. The molecule has 0 unspecified atom stereocenters. The van der Waals surface area contributed by atoms with Gasteiger partial charge in [-0.15, -0.1) is 0 Å². The molecule has 5 heterocycles. The third-order valence-electron chi connectivity index (χ3n) is 7.82. The minimum absolute atomic E-state index is 0.132. The Kier molecular flexibility index (Phi) is 5.05. The molecule has 6 rings (SSSR count). The number of rotatable bonds is 3. The van der Waals surface area contributed by atoms with E-state index in [2.05, 4.69) is 31.9 Å². The molecular weight excluding hydrogens is 401 g/mol. The molecule has 3 aliphatic heterocycles. The highest BCUT2D eigenvalue weighted by molar-refractivity contribution is 5.86. The normalized spacial score (nSPS) is 28.0. The van der Waals surface area contributed by atoms with Crippen molar-refractivity contribution < 1.29 is 4.39 Å². The minimum Gasteiger partial charge on any atom is -0.355 e. The fourth-order valence-corrected chi connectivity index (χ4v) is 6.56. The van der Waals surface area contributed by atoms with Gasteiger partial charge in [0, 0.05) is 31.4 Å². The Bertz CT molecular complexity index is 1130. The fourth-order valence-electron chi connectivity index (χ4n) is 6.56. The monoisotopic (exact) mass is 431 g/mol. The zero-order chi connectivity index (χ0) is 21.7. The number of piperidine rings is 3. The predicted molar refractivity (Wildman–Crippen MR) is 124 cm³/mol. The molecule has 2 aromatic heterocycles. The Balaban J connectivity index is 1.36. The van der Waals surface area contributed by atoms with Crippen LogP contribution in [0.25, 0.3) is 11.0 Å². The Labute approximate surface area is 188 Å². The fraction of sp³-hybridized carbons (Fsp3) is 0.500. The number of hydrogen-bond donors (Lipinski definition) is 0. The first-order valence-electron chi connectivity index (χ1n) is 12.0. The van der Waals surface area contributed by atoms with E-state index in [4.69, 9.17) is 4.98 Å². The van der Waals surface area contributed by atoms with Crippen LogP contribution in [0.1, 0.15) is 37.1 Å². The van der Waals surface area contributed by atoms with Crippen molar-refractivity contribution in [2.45, 2.75) is 51.1 Å². The number of anilines is 1. The van der Waals surface area contributed by atoms with Gasteiger partial charge in [0.15, 0.2) is 5.65 Å². The van der Waals surface area contributed by atoms with Crippen molar-refractivity contribution in [2.75, 3.05) is 24.5 Å². The molecular formula is C26H30FN5. The molecule has 0 N–H and O–H groups in total. The second-order valence-electron chi connectivity index (χ2n) is 9.83. The standard InChI is InChI=1S/C26H30FN5/c1-17-29-25-22(8-5-10-28-25)26(30-17)31-15-19-14-20(16-31)24(32-11-3-2-9-23(19)32)13-18-6-4-7-21(27)12-18/h4-8,10,12,19-20,23-24H,2-3,9,11,13-16H2,1H3/t19-,20+,23+,24+/m1/s1. The Morgan fingerprint density at radius 1 is 1.06 bits per heavy atom. The van der Waals surface area contributed by atoms with Crippen molar-refractivity contribution >= 4 is 16.9 Å². The quantitative estimate of drug-likeness (QED) is 0.615. The first-order chi connectivity index (χ1) is 15.7. The molecule has 0 aliphatic carbocycles. The van der Waals surface area contributed by atoms with Crippen molar-refractivity contribution in [3.63, 3.8) is 0 Å². The lowest BCUT2D eigenvalue weighted by Crippen LogP contribution is -2.64. The van der Waals surface area contributed by atoms with Crippen LogP contribution in [-0.4, -0.2) is 51.6 Å². The second-order valence-corrected chi connectivity index (χ2v) is 9.83. The summed E-state index contributed by atoms with van der Waals surface area (Å²) in [6, 6.07) is 12.3. The maximum absolute atomic E-state index is 13.9. The topological polar surface area (TPSA) is 45.2 Å². The third kappa shape index (κ3) is 3.54. The zero-order valence-electron chi connectivity index (χ0n) is 18.6. The summed E-state index contributed by atoms with van der Waals surface area (Å²) in [5.41, 5.74) is 1.89. The van der Waals surface area contributed by atoms with E-state index in [1.54, 1.807) is 18.3 Å². The summed E-state index contributed by atoms with van der Waals surface area (Å²) >= 11 is 0. The first kappa shape index (κ1) is 20.0. The lowest BCUT2D eigenvalue weighted by molar-refractivity contribution is -0.0318. The molecule has 3 aromatic rings. The largest absolute Gasteiger partial charge is 0.355 e. The first-order valence-corrected chi connectivity index (χ1v) is 12.0.